The van der Waals surface area contributed by atoms with E-state index >= 15 is 0 Å². The maximum absolute atomic E-state index is 13.2. The van der Waals surface area contributed by atoms with Gasteiger partial charge in [0.1, 0.15) is 17.4 Å². The van der Waals surface area contributed by atoms with Crippen LogP contribution in [-0.2, 0) is 9.59 Å². The second-order valence-electron chi connectivity index (χ2n) is 14.4. The highest BCUT2D eigenvalue weighted by Gasteiger charge is 2.46. The molecule has 15 nitrogen and oxygen atoms in total. The Labute approximate surface area is 317 Å². The number of hydrogen-bond acceptors (Lipinski definition) is 10. The van der Waals surface area contributed by atoms with Crippen molar-refractivity contribution in [2.75, 3.05) is 32.6 Å². The summed E-state index contributed by atoms with van der Waals surface area (Å²) in [5.74, 6) is -1.82. The summed E-state index contributed by atoms with van der Waals surface area (Å²) in [5.41, 5.74) is 2.89. The van der Waals surface area contributed by atoms with Crippen LogP contribution in [0.5, 0.6) is 5.75 Å². The molecule has 0 radical (unpaired) electrons. The van der Waals surface area contributed by atoms with Gasteiger partial charge in [-0.3, -0.25) is 39.0 Å². The van der Waals surface area contributed by atoms with E-state index in [1.165, 1.54) is 6.07 Å². The van der Waals surface area contributed by atoms with Crippen LogP contribution in [-0.4, -0.2) is 93.1 Å². The molecule has 0 bridgehead atoms. The minimum Gasteiger partial charge on any atom is -0.493 e. The predicted molar refractivity (Wildman–Crippen MR) is 202 cm³/mol. The van der Waals surface area contributed by atoms with E-state index in [2.05, 4.69) is 25.5 Å². The van der Waals surface area contributed by atoms with E-state index < -0.39 is 29.7 Å². The van der Waals surface area contributed by atoms with Gasteiger partial charge < -0.3 is 24.8 Å². The van der Waals surface area contributed by atoms with Crippen molar-refractivity contribution in [2.24, 2.45) is 0 Å². The second kappa shape index (κ2) is 16.1. The van der Waals surface area contributed by atoms with Crippen molar-refractivity contribution in [3.05, 3.63) is 77.1 Å². The number of carbonyl (C=O) groups is 6. The molecule has 1 aliphatic carbocycles. The number of fused-ring (bicyclic) bond motifs is 2. The van der Waals surface area contributed by atoms with Crippen LogP contribution in [0.3, 0.4) is 0 Å². The topological polar surface area (TPSA) is 185 Å². The number of nitrogens with one attached hydrogen (secondary N) is 3. The largest absolute Gasteiger partial charge is 0.493 e. The molecule has 1 unspecified atom stereocenters. The third-order valence-corrected chi connectivity index (χ3v) is 10.4. The van der Waals surface area contributed by atoms with Crippen LogP contribution in [0.15, 0.2) is 54.9 Å². The van der Waals surface area contributed by atoms with Crippen molar-refractivity contribution in [2.45, 2.75) is 76.3 Å². The lowest BCUT2D eigenvalue weighted by Crippen LogP contribution is -2.54. The molecule has 286 valence electrons. The Hall–Kier alpha value is -6.12. The minimum absolute atomic E-state index is 0.0530. The summed E-state index contributed by atoms with van der Waals surface area (Å²) in [6, 6.07) is 11.2. The Kier molecular flexibility index (Phi) is 10.9. The van der Waals surface area contributed by atoms with Gasteiger partial charge in [0.2, 0.25) is 17.8 Å². The molecule has 4 heterocycles. The van der Waals surface area contributed by atoms with Crippen LogP contribution in [0.25, 0.3) is 11.0 Å². The average molecular weight is 749 g/mol. The molecule has 2 aromatic carbocycles. The molecule has 3 N–H and O–H groups in total. The van der Waals surface area contributed by atoms with Gasteiger partial charge in [-0.05, 0) is 68.5 Å². The highest BCUT2D eigenvalue weighted by atomic mass is 16.5. The highest BCUT2D eigenvalue weighted by Crippen LogP contribution is 2.35. The number of imide groups is 2. The fourth-order valence-electron chi connectivity index (χ4n) is 7.47. The average Bonchev–Trinajstić information content (AvgIpc) is 3.90. The Morgan fingerprint density at radius 1 is 0.945 bits per heavy atom. The quantitative estimate of drug-likeness (QED) is 0.120. The van der Waals surface area contributed by atoms with E-state index in [1.807, 2.05) is 6.20 Å². The van der Waals surface area contributed by atoms with E-state index in [0.29, 0.717) is 42.7 Å². The van der Waals surface area contributed by atoms with E-state index in [1.54, 1.807) is 61.6 Å². The summed E-state index contributed by atoms with van der Waals surface area (Å²) >= 11 is 0. The first-order valence-electron chi connectivity index (χ1n) is 18.8. The number of nitrogens with zero attached hydrogens (tertiary/aromatic N) is 5. The number of benzene rings is 2. The molecule has 1 saturated carbocycles. The number of hydrogen-bond donors (Lipinski definition) is 3. The first kappa shape index (κ1) is 37.2. The smallest absolute Gasteiger partial charge is 0.266 e. The maximum Gasteiger partial charge on any atom is 0.266 e. The van der Waals surface area contributed by atoms with Gasteiger partial charge in [-0.1, -0.05) is 31.7 Å². The zero-order chi connectivity index (χ0) is 38.6. The third kappa shape index (κ3) is 7.77. The molecule has 15 heteroatoms. The van der Waals surface area contributed by atoms with Gasteiger partial charge >= 0.3 is 0 Å². The molecule has 6 amide bonds. The molecule has 2 aromatic heterocycles. The molecule has 7 rings (SSSR count). The standard InChI is InChI=1S/C40H44N8O7/c1-46(2)37(52)29-23-47(26-10-5-6-11-26)34-28(29)22-42-40(45-34)43-25-16-14-24(15-17-25)35(50)41-20-7-3-4-8-21-55-31-13-9-12-27-33(31)39(54)48(38(27)53)30-18-19-32(49)44-36(30)51/h9,12-17,22-23,26,30H,3-8,10-11,18-21H2,1-2H3,(H,41,50)(H,42,43,45)(H,44,49,51). The fourth-order valence-corrected chi connectivity index (χ4v) is 7.47. The van der Waals surface area contributed by atoms with E-state index in [-0.39, 0.29) is 41.5 Å². The normalized spacial score (nSPS) is 17.1. The summed E-state index contributed by atoms with van der Waals surface area (Å²) in [6.45, 7) is 0.831. The summed E-state index contributed by atoms with van der Waals surface area (Å²) < 4.78 is 8.03. The van der Waals surface area contributed by atoms with Crippen molar-refractivity contribution < 1.29 is 33.5 Å². The van der Waals surface area contributed by atoms with Gasteiger partial charge in [-0.2, -0.15) is 4.98 Å². The summed E-state index contributed by atoms with van der Waals surface area (Å²) in [5, 5.41) is 9.12. The number of anilines is 2. The number of carbonyl (C=O) groups excluding carboxylic acids is 6. The van der Waals surface area contributed by atoms with Gasteiger partial charge in [-0.15, -0.1) is 0 Å². The van der Waals surface area contributed by atoms with Crippen molar-refractivity contribution >= 4 is 58.1 Å². The predicted octanol–water partition coefficient (Wildman–Crippen LogP) is 4.76. The van der Waals surface area contributed by atoms with Gasteiger partial charge in [0.15, 0.2) is 0 Å². The molecule has 3 aliphatic rings. The first-order chi connectivity index (χ1) is 26.6. The molecule has 0 spiro atoms. The summed E-state index contributed by atoms with van der Waals surface area (Å²) in [7, 11) is 3.47. The SMILES string of the molecule is CN(C)C(=O)c1cn(C2CCCC2)c2nc(Nc3ccc(C(=O)NCCCCCCOc4cccc5c4C(=O)N(C4CCC(=O)NC4=O)C5=O)cc3)ncc12. The van der Waals surface area contributed by atoms with Crippen LogP contribution in [0.1, 0.15) is 112 Å². The third-order valence-electron chi connectivity index (χ3n) is 10.4. The molecule has 55 heavy (non-hydrogen) atoms. The maximum atomic E-state index is 13.2. The van der Waals surface area contributed by atoms with Crippen LogP contribution >= 0.6 is 0 Å². The fraction of sp³-hybridized carbons (Fsp3) is 0.400. The van der Waals surface area contributed by atoms with Gasteiger partial charge in [0.25, 0.3) is 23.6 Å². The lowest BCUT2D eigenvalue weighted by Gasteiger charge is -2.27. The zero-order valence-corrected chi connectivity index (χ0v) is 30.9. The molecule has 1 atom stereocenters. The van der Waals surface area contributed by atoms with Crippen LogP contribution < -0.4 is 20.7 Å². The number of aromatic nitrogens is 3. The van der Waals surface area contributed by atoms with Crippen LogP contribution in [0, 0.1) is 0 Å². The Morgan fingerprint density at radius 3 is 2.45 bits per heavy atom. The molecular weight excluding hydrogens is 704 g/mol. The van der Waals surface area contributed by atoms with Crippen molar-refractivity contribution in [3.63, 3.8) is 0 Å². The highest BCUT2D eigenvalue weighted by molar-refractivity contribution is 6.24. The number of piperidine rings is 1. The van der Waals surface area contributed by atoms with Crippen molar-refractivity contribution in [1.82, 2.24) is 35.0 Å². The molecule has 4 aromatic rings. The van der Waals surface area contributed by atoms with E-state index in [0.717, 1.165) is 66.6 Å². The molecular formula is C40H44N8O7. The lowest BCUT2D eigenvalue weighted by molar-refractivity contribution is -0.136. The molecule has 1 saturated heterocycles. The monoisotopic (exact) mass is 748 g/mol. The summed E-state index contributed by atoms with van der Waals surface area (Å²) in [4.78, 5) is 87.7. The second-order valence-corrected chi connectivity index (χ2v) is 14.4. The van der Waals surface area contributed by atoms with Gasteiger partial charge in [0, 0.05) is 56.7 Å². The van der Waals surface area contributed by atoms with Crippen molar-refractivity contribution in [3.8, 4) is 5.75 Å². The Morgan fingerprint density at radius 2 is 1.71 bits per heavy atom. The number of amides is 6. The van der Waals surface area contributed by atoms with Crippen molar-refractivity contribution in [1.29, 1.82) is 0 Å². The minimum atomic E-state index is -1.03. The van der Waals surface area contributed by atoms with Gasteiger partial charge in [-0.25, -0.2) is 4.98 Å². The number of rotatable bonds is 14. The van der Waals surface area contributed by atoms with E-state index in [4.69, 9.17) is 9.72 Å². The number of ether oxygens (including phenoxy) is 1. The van der Waals surface area contributed by atoms with Crippen LogP contribution in [0.4, 0.5) is 11.6 Å². The summed E-state index contributed by atoms with van der Waals surface area (Å²) in [6.07, 6.45) is 11.3. The number of unbranched alkanes of at least 4 members (excludes halogenated alkanes) is 3. The molecule has 2 fully saturated rings. The molecule has 2 aliphatic heterocycles. The Bertz CT molecular complexity index is 2160. The van der Waals surface area contributed by atoms with Gasteiger partial charge in [0.05, 0.1) is 28.7 Å². The first-order valence-corrected chi connectivity index (χ1v) is 18.8. The Balaban J connectivity index is 0.851. The lowest BCUT2D eigenvalue weighted by atomic mass is 10.0. The van der Waals surface area contributed by atoms with E-state index in [9.17, 15) is 28.8 Å². The van der Waals surface area contributed by atoms with Crippen LogP contribution in [0.2, 0.25) is 0 Å². The zero-order valence-electron chi connectivity index (χ0n) is 30.9.